The first-order valence-electron chi connectivity index (χ1n) is 8.26. The molecule has 0 saturated carbocycles. The van der Waals surface area contributed by atoms with Gasteiger partial charge in [0.15, 0.2) is 0 Å². The number of thiophene rings is 1. The smallest absolute Gasteiger partial charge is 0.350 e. The molecule has 3 rings (SSSR count). The van der Waals surface area contributed by atoms with Crippen LogP contribution in [-0.4, -0.2) is 22.2 Å². The van der Waals surface area contributed by atoms with Gasteiger partial charge in [-0.25, -0.2) is 0 Å². The first kappa shape index (κ1) is 19.2. The Bertz CT molecular complexity index is 932. The molecule has 142 valence electrons. The van der Waals surface area contributed by atoms with Gasteiger partial charge in [-0.05, 0) is 54.4 Å². The van der Waals surface area contributed by atoms with Gasteiger partial charge >= 0.3 is 6.18 Å². The van der Waals surface area contributed by atoms with Gasteiger partial charge in [-0.1, -0.05) is 12.1 Å². The molecule has 27 heavy (non-hydrogen) atoms. The standard InChI is InChI=1S/C19H18F3N3OS/c1-12-9-13(2)25(24-12)17(14-7-8-27-11-14)10-23-18(26)15-5-3-4-6-16(15)19(20,21)22/h3-9,11,17H,10H2,1-2H3,(H,23,26). The molecule has 1 unspecified atom stereocenters. The minimum absolute atomic E-state index is 0.129. The molecule has 0 aliphatic rings. The number of rotatable bonds is 5. The quantitative estimate of drug-likeness (QED) is 0.689. The molecule has 1 aromatic carbocycles. The van der Waals surface area contributed by atoms with E-state index in [4.69, 9.17) is 0 Å². The van der Waals surface area contributed by atoms with Crippen LogP contribution in [0.2, 0.25) is 0 Å². The van der Waals surface area contributed by atoms with E-state index in [1.807, 2.05) is 36.7 Å². The Morgan fingerprint density at radius 3 is 2.59 bits per heavy atom. The molecule has 0 radical (unpaired) electrons. The van der Waals surface area contributed by atoms with E-state index in [0.717, 1.165) is 23.0 Å². The monoisotopic (exact) mass is 393 g/mol. The zero-order valence-electron chi connectivity index (χ0n) is 14.7. The average Bonchev–Trinajstić information content (AvgIpc) is 3.24. The summed E-state index contributed by atoms with van der Waals surface area (Å²) in [5.74, 6) is -0.760. The number of hydrogen-bond acceptors (Lipinski definition) is 3. The molecule has 0 bridgehead atoms. The predicted molar refractivity (Wildman–Crippen MR) is 97.9 cm³/mol. The summed E-state index contributed by atoms with van der Waals surface area (Å²) in [7, 11) is 0. The number of aromatic nitrogens is 2. The second-order valence-corrected chi connectivity index (χ2v) is 6.98. The van der Waals surface area contributed by atoms with E-state index in [-0.39, 0.29) is 18.2 Å². The van der Waals surface area contributed by atoms with Crippen LogP contribution in [0.5, 0.6) is 0 Å². The third-order valence-electron chi connectivity index (χ3n) is 4.20. The lowest BCUT2D eigenvalue weighted by Gasteiger charge is -2.20. The Balaban J connectivity index is 1.85. The van der Waals surface area contributed by atoms with Crippen molar-refractivity contribution in [3.05, 3.63) is 75.2 Å². The van der Waals surface area contributed by atoms with Gasteiger partial charge in [0.2, 0.25) is 0 Å². The lowest BCUT2D eigenvalue weighted by Crippen LogP contribution is -2.33. The zero-order chi connectivity index (χ0) is 19.6. The number of alkyl halides is 3. The van der Waals surface area contributed by atoms with Crippen LogP contribution >= 0.6 is 11.3 Å². The lowest BCUT2D eigenvalue weighted by molar-refractivity contribution is -0.137. The van der Waals surface area contributed by atoms with E-state index in [0.29, 0.717) is 0 Å². The molecule has 0 spiro atoms. The van der Waals surface area contributed by atoms with E-state index < -0.39 is 17.6 Å². The van der Waals surface area contributed by atoms with Crippen LogP contribution < -0.4 is 5.32 Å². The maximum atomic E-state index is 13.2. The van der Waals surface area contributed by atoms with Crippen LogP contribution in [0.25, 0.3) is 0 Å². The van der Waals surface area contributed by atoms with Crippen LogP contribution in [0.15, 0.2) is 47.2 Å². The first-order valence-corrected chi connectivity index (χ1v) is 9.21. The number of nitrogens with zero attached hydrogens (tertiary/aromatic N) is 2. The van der Waals surface area contributed by atoms with Crippen LogP contribution in [0.4, 0.5) is 13.2 Å². The number of hydrogen-bond donors (Lipinski definition) is 1. The SMILES string of the molecule is Cc1cc(C)n(C(CNC(=O)c2ccccc2C(F)(F)F)c2ccsc2)n1. The van der Waals surface area contributed by atoms with E-state index in [9.17, 15) is 18.0 Å². The number of nitrogens with one attached hydrogen (secondary N) is 1. The molecule has 2 heterocycles. The highest BCUT2D eigenvalue weighted by Gasteiger charge is 2.35. The highest BCUT2D eigenvalue weighted by Crippen LogP contribution is 2.32. The summed E-state index contributed by atoms with van der Waals surface area (Å²) >= 11 is 1.51. The highest BCUT2D eigenvalue weighted by molar-refractivity contribution is 7.08. The maximum absolute atomic E-state index is 13.2. The molecule has 0 saturated heterocycles. The van der Waals surface area contributed by atoms with Crippen molar-refractivity contribution < 1.29 is 18.0 Å². The minimum atomic E-state index is -4.59. The largest absolute Gasteiger partial charge is 0.417 e. The van der Waals surface area contributed by atoms with Gasteiger partial charge in [0.25, 0.3) is 5.91 Å². The van der Waals surface area contributed by atoms with Crippen molar-refractivity contribution in [2.75, 3.05) is 6.54 Å². The van der Waals surface area contributed by atoms with Gasteiger partial charge in [-0.15, -0.1) is 0 Å². The fourth-order valence-corrected chi connectivity index (χ4v) is 3.69. The van der Waals surface area contributed by atoms with Gasteiger partial charge < -0.3 is 5.32 Å². The van der Waals surface area contributed by atoms with Gasteiger partial charge in [0.1, 0.15) is 0 Å². The third-order valence-corrected chi connectivity index (χ3v) is 4.90. The van der Waals surface area contributed by atoms with E-state index >= 15 is 0 Å². The number of amides is 1. The van der Waals surface area contributed by atoms with Crippen LogP contribution in [-0.2, 0) is 6.18 Å². The minimum Gasteiger partial charge on any atom is -0.350 e. The maximum Gasteiger partial charge on any atom is 0.417 e. The highest BCUT2D eigenvalue weighted by atomic mass is 32.1. The number of halogens is 3. The topological polar surface area (TPSA) is 46.9 Å². The van der Waals surface area contributed by atoms with Crippen molar-refractivity contribution in [3.8, 4) is 0 Å². The molecular weight excluding hydrogens is 375 g/mol. The molecule has 3 aromatic rings. The number of carbonyl (C=O) groups is 1. The summed E-state index contributed by atoms with van der Waals surface area (Å²) in [6.07, 6.45) is -4.59. The Morgan fingerprint density at radius 2 is 2.00 bits per heavy atom. The normalized spacial score (nSPS) is 12.8. The molecule has 0 aliphatic carbocycles. The van der Waals surface area contributed by atoms with Crippen molar-refractivity contribution in [1.29, 1.82) is 0 Å². The molecule has 4 nitrogen and oxygen atoms in total. The van der Waals surface area contributed by atoms with Crippen LogP contribution in [0.3, 0.4) is 0 Å². The number of benzene rings is 1. The summed E-state index contributed by atoms with van der Waals surface area (Å²) < 4.78 is 41.3. The molecule has 0 fully saturated rings. The van der Waals surface area contributed by atoms with Gasteiger partial charge in [0, 0.05) is 12.2 Å². The van der Waals surface area contributed by atoms with Crippen LogP contribution in [0.1, 0.15) is 38.9 Å². The third kappa shape index (κ3) is 4.21. The summed E-state index contributed by atoms with van der Waals surface area (Å²) in [5.41, 5.74) is 1.36. The Morgan fingerprint density at radius 1 is 1.26 bits per heavy atom. The molecule has 1 amide bonds. The van der Waals surface area contributed by atoms with E-state index in [1.54, 1.807) is 4.68 Å². The van der Waals surface area contributed by atoms with Gasteiger partial charge in [-0.2, -0.15) is 29.6 Å². The first-order chi connectivity index (χ1) is 12.8. The fourth-order valence-electron chi connectivity index (χ4n) is 2.98. The second-order valence-electron chi connectivity index (χ2n) is 6.20. The van der Waals surface area contributed by atoms with Crippen molar-refractivity contribution in [3.63, 3.8) is 0 Å². The molecule has 0 aliphatic heterocycles. The van der Waals surface area contributed by atoms with E-state index in [2.05, 4.69) is 10.4 Å². The predicted octanol–water partition coefficient (Wildman–Crippen LogP) is 4.60. The van der Waals surface area contributed by atoms with Crippen molar-refractivity contribution in [1.82, 2.24) is 15.1 Å². The van der Waals surface area contributed by atoms with Crippen molar-refractivity contribution in [2.45, 2.75) is 26.1 Å². The summed E-state index contributed by atoms with van der Waals surface area (Å²) in [6.45, 7) is 3.90. The molecule has 8 heteroatoms. The van der Waals surface area contributed by atoms with Gasteiger partial charge in [0.05, 0.1) is 22.9 Å². The zero-order valence-corrected chi connectivity index (χ0v) is 15.6. The Labute approximate surface area is 158 Å². The Hall–Kier alpha value is -2.61. The van der Waals surface area contributed by atoms with Crippen LogP contribution in [0, 0.1) is 13.8 Å². The van der Waals surface area contributed by atoms with Crippen molar-refractivity contribution >= 4 is 17.2 Å². The Kier molecular flexibility index (Phi) is 5.36. The molecular formula is C19H18F3N3OS. The molecule has 1 atom stereocenters. The van der Waals surface area contributed by atoms with Gasteiger partial charge in [-0.3, -0.25) is 9.48 Å². The number of carbonyl (C=O) groups excluding carboxylic acids is 1. The average molecular weight is 393 g/mol. The van der Waals surface area contributed by atoms with Crippen molar-refractivity contribution in [2.24, 2.45) is 0 Å². The second kappa shape index (κ2) is 7.56. The summed E-state index contributed by atoms with van der Waals surface area (Å²) in [6, 6.07) is 8.31. The summed E-state index contributed by atoms with van der Waals surface area (Å²) in [5, 5.41) is 11.0. The molecule has 1 N–H and O–H groups in total. The van der Waals surface area contributed by atoms with E-state index in [1.165, 1.54) is 29.5 Å². The number of aryl methyl sites for hydroxylation is 2. The fraction of sp³-hybridized carbons (Fsp3) is 0.263. The molecule has 2 aromatic heterocycles. The lowest BCUT2D eigenvalue weighted by atomic mass is 10.1. The summed E-state index contributed by atoms with van der Waals surface area (Å²) in [4.78, 5) is 12.5.